The van der Waals surface area contributed by atoms with Crippen molar-refractivity contribution in [3.8, 4) is 0 Å². The van der Waals surface area contributed by atoms with Crippen LogP contribution >= 0.6 is 0 Å². The van der Waals surface area contributed by atoms with Crippen LogP contribution in [0.2, 0.25) is 0 Å². The van der Waals surface area contributed by atoms with Crippen LogP contribution in [0.25, 0.3) is 0 Å². The van der Waals surface area contributed by atoms with E-state index in [0.29, 0.717) is 12.1 Å². The summed E-state index contributed by atoms with van der Waals surface area (Å²) < 4.78 is 74.7. The summed E-state index contributed by atoms with van der Waals surface area (Å²) in [5.74, 6) is 0. The Hall–Kier alpha value is -1.53. The maximum absolute atomic E-state index is 12.5. The predicted octanol–water partition coefficient (Wildman–Crippen LogP) is 3.85. The second-order valence-corrected chi connectivity index (χ2v) is 3.39. The average molecular weight is 256 g/mol. The smallest absolute Gasteiger partial charge is 0.298 e. The molecule has 0 unspecified atom stereocenters. The summed E-state index contributed by atoms with van der Waals surface area (Å²) >= 11 is 0. The summed E-state index contributed by atoms with van der Waals surface area (Å²) in [5, 5.41) is 0. The number of benzene rings is 1. The van der Waals surface area contributed by atoms with E-state index in [4.69, 9.17) is 0 Å². The Balaban J connectivity index is 3.64. The molecule has 7 heteroatoms. The highest BCUT2D eigenvalue weighted by atomic mass is 19.4. The van der Waals surface area contributed by atoms with Crippen molar-refractivity contribution in [3.05, 3.63) is 34.4 Å². The molecule has 17 heavy (non-hydrogen) atoms. The number of aryl methyl sites for hydroxylation is 1. The largest absolute Gasteiger partial charge is 0.417 e. The molecule has 1 aromatic carbocycles. The van der Waals surface area contributed by atoms with Gasteiger partial charge >= 0.3 is 12.4 Å². The van der Waals surface area contributed by atoms with Crippen LogP contribution in [0.1, 0.15) is 27.0 Å². The minimum atomic E-state index is -5.00. The maximum Gasteiger partial charge on any atom is 0.417 e. The predicted molar refractivity (Wildman–Crippen MR) is 46.6 cm³/mol. The molecule has 0 atom stereocenters. The highest BCUT2D eigenvalue weighted by Gasteiger charge is 2.40. The molecular formula is C10H6F6O. The van der Waals surface area contributed by atoms with Gasteiger partial charge in [-0.05, 0) is 24.6 Å². The minimum absolute atomic E-state index is 0.213. The first-order valence-corrected chi connectivity index (χ1v) is 4.31. The molecule has 0 heterocycles. The van der Waals surface area contributed by atoms with E-state index >= 15 is 0 Å². The van der Waals surface area contributed by atoms with E-state index in [1.807, 2.05) is 0 Å². The molecule has 0 bridgehead atoms. The molecule has 0 saturated heterocycles. The third-order valence-corrected chi connectivity index (χ3v) is 2.05. The van der Waals surface area contributed by atoms with Crippen molar-refractivity contribution in [1.29, 1.82) is 0 Å². The minimum Gasteiger partial charge on any atom is -0.298 e. The lowest BCUT2D eigenvalue weighted by molar-refractivity contribution is -0.143. The first-order valence-electron chi connectivity index (χ1n) is 4.31. The summed E-state index contributed by atoms with van der Waals surface area (Å²) in [7, 11) is 0. The monoisotopic (exact) mass is 256 g/mol. The van der Waals surface area contributed by atoms with E-state index in [0.717, 1.165) is 6.92 Å². The molecule has 0 N–H and O–H groups in total. The van der Waals surface area contributed by atoms with Gasteiger partial charge in [-0.1, -0.05) is 0 Å². The zero-order valence-corrected chi connectivity index (χ0v) is 8.41. The number of halogens is 6. The molecule has 0 radical (unpaired) electrons. The van der Waals surface area contributed by atoms with Gasteiger partial charge in [0.2, 0.25) is 0 Å². The third-order valence-electron chi connectivity index (χ3n) is 2.05. The molecule has 0 amide bonds. The number of aldehydes is 1. The van der Waals surface area contributed by atoms with Crippen LogP contribution in [-0.4, -0.2) is 6.29 Å². The van der Waals surface area contributed by atoms with Crippen molar-refractivity contribution in [3.63, 3.8) is 0 Å². The van der Waals surface area contributed by atoms with Gasteiger partial charge in [0.25, 0.3) is 0 Å². The first kappa shape index (κ1) is 13.5. The summed E-state index contributed by atoms with van der Waals surface area (Å²) in [6.45, 7) is 1.10. The van der Waals surface area contributed by atoms with Crippen LogP contribution in [0.3, 0.4) is 0 Å². The summed E-state index contributed by atoms with van der Waals surface area (Å²) in [6.07, 6.45) is -10.4. The van der Waals surface area contributed by atoms with Crippen molar-refractivity contribution in [2.45, 2.75) is 19.3 Å². The maximum atomic E-state index is 12.5. The van der Waals surface area contributed by atoms with Crippen LogP contribution in [0, 0.1) is 6.92 Å². The van der Waals surface area contributed by atoms with Gasteiger partial charge in [-0.25, -0.2) is 0 Å². The van der Waals surface area contributed by atoms with E-state index in [2.05, 4.69) is 0 Å². The Kier molecular flexibility index (Phi) is 3.22. The number of carbonyl (C=O) groups is 1. The molecule has 0 aliphatic heterocycles. The summed E-state index contributed by atoms with van der Waals surface area (Å²) in [4.78, 5) is 10.5. The Bertz CT molecular complexity index is 408. The molecule has 0 fully saturated rings. The van der Waals surface area contributed by atoms with Crippen LogP contribution < -0.4 is 0 Å². The molecule has 94 valence electrons. The molecule has 0 aliphatic rings. The van der Waals surface area contributed by atoms with Crippen LogP contribution in [0.4, 0.5) is 26.3 Å². The molecule has 1 aromatic rings. The van der Waals surface area contributed by atoms with E-state index in [-0.39, 0.29) is 5.56 Å². The third kappa shape index (κ3) is 2.78. The Morgan fingerprint density at radius 2 is 1.29 bits per heavy atom. The molecule has 0 aliphatic carbocycles. The van der Waals surface area contributed by atoms with Crippen molar-refractivity contribution in [1.82, 2.24) is 0 Å². The molecule has 1 rings (SSSR count). The Labute approximate surface area is 92.0 Å². The highest BCUT2D eigenvalue weighted by molar-refractivity contribution is 5.80. The van der Waals surface area contributed by atoms with Crippen molar-refractivity contribution in [2.24, 2.45) is 0 Å². The van der Waals surface area contributed by atoms with Gasteiger partial charge in [0, 0.05) is 5.56 Å². The summed E-state index contributed by atoms with van der Waals surface area (Å²) in [5.41, 5.74) is -4.73. The zero-order chi connectivity index (χ0) is 13.4. The normalized spacial score (nSPS) is 12.6. The van der Waals surface area contributed by atoms with Gasteiger partial charge in [0.1, 0.15) is 0 Å². The second-order valence-electron chi connectivity index (χ2n) is 3.39. The zero-order valence-electron chi connectivity index (χ0n) is 8.41. The number of carbonyl (C=O) groups excluding carboxylic acids is 1. The van der Waals surface area contributed by atoms with E-state index < -0.39 is 35.3 Å². The van der Waals surface area contributed by atoms with Crippen molar-refractivity contribution in [2.75, 3.05) is 0 Å². The molecule has 1 nitrogen and oxygen atoms in total. The van der Waals surface area contributed by atoms with Crippen molar-refractivity contribution < 1.29 is 31.1 Å². The fourth-order valence-electron chi connectivity index (χ4n) is 1.39. The molecule has 0 saturated carbocycles. The van der Waals surface area contributed by atoms with Gasteiger partial charge < -0.3 is 0 Å². The highest BCUT2D eigenvalue weighted by Crippen LogP contribution is 2.39. The summed E-state index contributed by atoms with van der Waals surface area (Å²) in [6, 6.07) is 1.03. The van der Waals surface area contributed by atoms with E-state index in [1.165, 1.54) is 0 Å². The second kappa shape index (κ2) is 4.05. The molecular weight excluding hydrogens is 250 g/mol. The van der Waals surface area contributed by atoms with E-state index in [1.54, 1.807) is 0 Å². The van der Waals surface area contributed by atoms with Crippen LogP contribution in [0.15, 0.2) is 12.1 Å². The number of alkyl halides is 6. The van der Waals surface area contributed by atoms with E-state index in [9.17, 15) is 31.1 Å². The van der Waals surface area contributed by atoms with Gasteiger partial charge in [-0.2, -0.15) is 26.3 Å². The topological polar surface area (TPSA) is 17.1 Å². The fraction of sp³-hybridized carbons (Fsp3) is 0.300. The number of hydrogen-bond acceptors (Lipinski definition) is 1. The average Bonchev–Trinajstić information content (AvgIpc) is 2.13. The van der Waals surface area contributed by atoms with Crippen LogP contribution in [0.5, 0.6) is 0 Å². The standard InChI is InChI=1S/C10H6F6O/c1-5-2-7(9(11,12)13)6(4-17)8(3-5)10(14,15)16/h2-4H,1H3. The van der Waals surface area contributed by atoms with Crippen LogP contribution in [-0.2, 0) is 12.4 Å². The lowest BCUT2D eigenvalue weighted by Crippen LogP contribution is -2.16. The van der Waals surface area contributed by atoms with Gasteiger partial charge in [0.05, 0.1) is 11.1 Å². The lowest BCUT2D eigenvalue weighted by Gasteiger charge is -2.16. The number of rotatable bonds is 1. The van der Waals surface area contributed by atoms with Gasteiger partial charge in [0.15, 0.2) is 6.29 Å². The first-order chi connectivity index (χ1) is 7.57. The SMILES string of the molecule is Cc1cc(C(F)(F)F)c(C=O)c(C(F)(F)F)c1. The van der Waals surface area contributed by atoms with Gasteiger partial charge in [-0.15, -0.1) is 0 Å². The lowest BCUT2D eigenvalue weighted by atomic mass is 9.98. The fourth-order valence-corrected chi connectivity index (χ4v) is 1.39. The Morgan fingerprint density at radius 1 is 0.941 bits per heavy atom. The molecule has 0 aromatic heterocycles. The molecule has 0 spiro atoms. The van der Waals surface area contributed by atoms with Crippen molar-refractivity contribution >= 4 is 6.29 Å². The quantitative estimate of drug-likeness (QED) is 0.551. The Morgan fingerprint density at radius 3 is 1.53 bits per heavy atom. The van der Waals surface area contributed by atoms with Gasteiger partial charge in [-0.3, -0.25) is 4.79 Å². The number of hydrogen-bond donors (Lipinski definition) is 0.